The molecular weight excluding hydrogens is 285 g/mol. The largest absolute Gasteiger partial charge is 0.401 e. The van der Waals surface area contributed by atoms with Crippen LogP contribution in [0, 0.1) is 0 Å². The van der Waals surface area contributed by atoms with Crippen LogP contribution in [0.2, 0.25) is 0 Å². The number of aliphatic hydroxyl groups excluding tert-OH is 1. The normalized spacial score (nSPS) is 19.8. The van der Waals surface area contributed by atoms with Crippen LogP contribution in [0.4, 0.5) is 13.2 Å². The minimum atomic E-state index is -4.25. The van der Waals surface area contributed by atoms with Crippen molar-refractivity contribution in [3.05, 3.63) is 0 Å². The van der Waals surface area contributed by atoms with Crippen molar-refractivity contribution in [2.24, 2.45) is 0 Å². The molecule has 1 N–H and O–H groups in total. The van der Waals surface area contributed by atoms with E-state index in [1.54, 1.807) is 0 Å². The molecule has 1 fully saturated rings. The molecule has 0 spiro atoms. The Balaban J connectivity index is 2.40. The summed E-state index contributed by atoms with van der Waals surface area (Å²) in [7, 11) is -3.41. The maximum absolute atomic E-state index is 12.2. The molecule has 5 nitrogen and oxygen atoms in total. The summed E-state index contributed by atoms with van der Waals surface area (Å²) < 4.78 is 61.5. The van der Waals surface area contributed by atoms with Gasteiger partial charge in [-0.1, -0.05) is 0 Å². The number of unbranched alkanes of at least 4 members (excludes halogenated alkanes) is 1. The highest BCUT2D eigenvalue weighted by atomic mass is 32.2. The molecule has 1 heterocycles. The second-order valence-corrected chi connectivity index (χ2v) is 6.63. The number of rotatable bonds is 6. The molecule has 0 aromatic heterocycles. The van der Waals surface area contributed by atoms with Crippen molar-refractivity contribution >= 4 is 10.0 Å². The number of nitrogens with zero attached hydrogens (tertiary/aromatic N) is 2. The van der Waals surface area contributed by atoms with Gasteiger partial charge in [0.15, 0.2) is 0 Å². The smallest absolute Gasteiger partial charge is 0.396 e. The van der Waals surface area contributed by atoms with Crippen LogP contribution >= 0.6 is 0 Å². The van der Waals surface area contributed by atoms with E-state index in [1.807, 2.05) is 0 Å². The van der Waals surface area contributed by atoms with Crippen molar-refractivity contribution in [2.75, 3.05) is 45.1 Å². The highest BCUT2D eigenvalue weighted by molar-refractivity contribution is 7.89. The quantitative estimate of drug-likeness (QED) is 0.716. The molecule has 1 rings (SSSR count). The van der Waals surface area contributed by atoms with E-state index in [2.05, 4.69) is 0 Å². The Kier molecular flexibility index (Phi) is 6.03. The lowest BCUT2D eigenvalue weighted by Crippen LogP contribution is -2.51. The van der Waals surface area contributed by atoms with Crippen molar-refractivity contribution < 1.29 is 26.7 Å². The molecule has 1 aliphatic rings. The van der Waals surface area contributed by atoms with E-state index in [0.29, 0.717) is 12.8 Å². The lowest BCUT2D eigenvalue weighted by atomic mass is 10.3. The topological polar surface area (TPSA) is 60.9 Å². The number of hydrogen-bond donors (Lipinski definition) is 1. The molecule has 0 radical (unpaired) electrons. The van der Waals surface area contributed by atoms with Gasteiger partial charge in [-0.2, -0.15) is 17.5 Å². The van der Waals surface area contributed by atoms with Crippen molar-refractivity contribution in [1.82, 2.24) is 9.21 Å². The summed E-state index contributed by atoms with van der Waals surface area (Å²) in [5.74, 6) is -0.0627. The van der Waals surface area contributed by atoms with E-state index in [0.717, 1.165) is 0 Å². The summed E-state index contributed by atoms with van der Waals surface area (Å²) in [6.07, 6.45) is -3.48. The van der Waals surface area contributed by atoms with Gasteiger partial charge in [-0.05, 0) is 12.8 Å². The minimum Gasteiger partial charge on any atom is -0.396 e. The molecule has 114 valence electrons. The molecule has 0 atom stereocenters. The number of hydrogen-bond acceptors (Lipinski definition) is 4. The molecule has 0 unspecified atom stereocenters. The molecule has 0 bridgehead atoms. The predicted molar refractivity (Wildman–Crippen MR) is 64.2 cm³/mol. The maximum Gasteiger partial charge on any atom is 0.401 e. The van der Waals surface area contributed by atoms with Gasteiger partial charge in [0.05, 0.1) is 12.3 Å². The number of sulfonamides is 1. The van der Waals surface area contributed by atoms with E-state index >= 15 is 0 Å². The number of halogens is 3. The van der Waals surface area contributed by atoms with Crippen molar-refractivity contribution in [2.45, 2.75) is 19.0 Å². The van der Waals surface area contributed by atoms with Crippen LogP contribution in [-0.2, 0) is 10.0 Å². The summed E-state index contributed by atoms with van der Waals surface area (Å²) in [4.78, 5) is 1.21. The Morgan fingerprint density at radius 1 is 1.05 bits per heavy atom. The molecule has 1 saturated heterocycles. The van der Waals surface area contributed by atoms with Gasteiger partial charge in [-0.25, -0.2) is 8.42 Å². The van der Waals surface area contributed by atoms with E-state index in [1.165, 1.54) is 9.21 Å². The van der Waals surface area contributed by atoms with Gasteiger partial charge < -0.3 is 5.11 Å². The summed E-state index contributed by atoms with van der Waals surface area (Å²) in [6.45, 7) is -0.674. The molecule has 0 aromatic carbocycles. The Morgan fingerprint density at radius 2 is 1.63 bits per heavy atom. The summed E-state index contributed by atoms with van der Waals surface area (Å²) in [6, 6.07) is 0. The van der Waals surface area contributed by atoms with Gasteiger partial charge in [-0.3, -0.25) is 4.90 Å². The number of aliphatic hydroxyl groups is 1. The Hall–Kier alpha value is -0.380. The average molecular weight is 304 g/mol. The van der Waals surface area contributed by atoms with Crippen molar-refractivity contribution in [1.29, 1.82) is 0 Å². The zero-order valence-corrected chi connectivity index (χ0v) is 11.4. The van der Waals surface area contributed by atoms with Gasteiger partial charge in [-0.15, -0.1) is 0 Å². The van der Waals surface area contributed by atoms with Crippen LogP contribution in [0.15, 0.2) is 0 Å². The monoisotopic (exact) mass is 304 g/mol. The first-order chi connectivity index (χ1) is 8.74. The summed E-state index contributed by atoms with van der Waals surface area (Å²) >= 11 is 0. The highest BCUT2D eigenvalue weighted by Crippen LogP contribution is 2.18. The van der Waals surface area contributed by atoms with Crippen molar-refractivity contribution in [3.8, 4) is 0 Å². The molecule has 0 amide bonds. The average Bonchev–Trinajstić information content (AvgIpc) is 2.27. The zero-order valence-electron chi connectivity index (χ0n) is 10.6. The molecule has 1 aliphatic heterocycles. The van der Waals surface area contributed by atoms with Crippen LogP contribution in [0.3, 0.4) is 0 Å². The van der Waals surface area contributed by atoms with Crippen LogP contribution in [0.25, 0.3) is 0 Å². The van der Waals surface area contributed by atoms with E-state index in [4.69, 9.17) is 5.11 Å². The fraction of sp³-hybridized carbons (Fsp3) is 1.00. The molecular formula is C10H19F3N2O3S. The van der Waals surface area contributed by atoms with Crippen molar-refractivity contribution in [3.63, 3.8) is 0 Å². The van der Waals surface area contributed by atoms with Crippen LogP contribution in [0.5, 0.6) is 0 Å². The van der Waals surface area contributed by atoms with Gasteiger partial charge in [0.25, 0.3) is 0 Å². The lowest BCUT2D eigenvalue weighted by molar-refractivity contribution is -0.148. The summed E-state index contributed by atoms with van der Waals surface area (Å²) in [5, 5.41) is 8.59. The third-order valence-corrected chi connectivity index (χ3v) is 4.89. The molecule has 0 aliphatic carbocycles. The Bertz CT molecular complexity index is 365. The van der Waals surface area contributed by atoms with Crippen LogP contribution in [-0.4, -0.2) is 74.0 Å². The molecule has 0 saturated carbocycles. The Labute approximate surface area is 111 Å². The Morgan fingerprint density at radius 3 is 2.11 bits per heavy atom. The van der Waals surface area contributed by atoms with Gasteiger partial charge in [0.1, 0.15) is 0 Å². The second kappa shape index (κ2) is 6.87. The lowest BCUT2D eigenvalue weighted by Gasteiger charge is -2.34. The molecule has 9 heteroatoms. The maximum atomic E-state index is 12.2. The minimum absolute atomic E-state index is 0.0606. The first-order valence-electron chi connectivity index (χ1n) is 6.12. The van der Waals surface area contributed by atoms with Crippen LogP contribution in [0.1, 0.15) is 12.8 Å². The standard InChI is InChI=1S/C10H19F3N2O3S/c11-10(12,13)9-14-3-5-15(6-4-14)19(17,18)8-2-1-7-16/h16H,1-9H2. The van der Waals surface area contributed by atoms with Crippen LogP contribution < -0.4 is 0 Å². The van der Waals surface area contributed by atoms with E-state index < -0.39 is 22.7 Å². The third kappa shape index (κ3) is 6.07. The molecule has 19 heavy (non-hydrogen) atoms. The predicted octanol–water partition coefficient (Wildman–Crippen LogP) is 0.269. The van der Waals surface area contributed by atoms with Gasteiger partial charge in [0, 0.05) is 32.8 Å². The number of piperazine rings is 1. The van der Waals surface area contributed by atoms with Gasteiger partial charge in [0.2, 0.25) is 10.0 Å². The SMILES string of the molecule is O=S(=O)(CCCCO)N1CCN(CC(F)(F)F)CC1. The zero-order chi connectivity index (χ0) is 14.5. The number of alkyl halides is 3. The fourth-order valence-electron chi connectivity index (χ4n) is 1.94. The highest BCUT2D eigenvalue weighted by Gasteiger charge is 2.34. The first-order valence-corrected chi connectivity index (χ1v) is 7.73. The fourth-order valence-corrected chi connectivity index (χ4v) is 3.49. The first kappa shape index (κ1) is 16.7. The third-order valence-electron chi connectivity index (χ3n) is 2.94. The van der Waals surface area contributed by atoms with E-state index in [-0.39, 0.29) is 38.5 Å². The summed E-state index contributed by atoms with van der Waals surface area (Å²) in [5.41, 5.74) is 0. The van der Waals surface area contributed by atoms with Gasteiger partial charge >= 0.3 is 6.18 Å². The second-order valence-electron chi connectivity index (χ2n) is 4.54. The molecule has 0 aromatic rings. The van der Waals surface area contributed by atoms with E-state index in [9.17, 15) is 21.6 Å².